The van der Waals surface area contributed by atoms with Crippen molar-refractivity contribution in [2.75, 3.05) is 10.2 Å². The van der Waals surface area contributed by atoms with E-state index in [-0.39, 0.29) is 27.9 Å². The second-order valence-electron chi connectivity index (χ2n) is 14.6. The Balaban J connectivity index is 1.70. The van der Waals surface area contributed by atoms with Crippen molar-refractivity contribution in [2.24, 2.45) is 18.9 Å². The van der Waals surface area contributed by atoms with Gasteiger partial charge in [-0.2, -0.15) is 4.98 Å². The Kier molecular flexibility index (Phi) is 8.72. The Morgan fingerprint density at radius 2 is 1.67 bits per heavy atom. The maximum atomic E-state index is 13.2. The predicted molar refractivity (Wildman–Crippen MR) is 202 cm³/mol. The van der Waals surface area contributed by atoms with Gasteiger partial charge < -0.3 is 24.8 Å². The summed E-state index contributed by atoms with van der Waals surface area (Å²) in [5, 5.41) is 5.40. The molecule has 3 aromatic rings. The summed E-state index contributed by atoms with van der Waals surface area (Å²) in [5.74, 6) is 1.77. The molecule has 3 heterocycles. The monoisotopic (exact) mass is 592 g/mol. The molecule has 2 aromatic heterocycles. The van der Waals surface area contributed by atoms with Crippen LogP contribution in [0.15, 0.2) is 35.3 Å². The first kappa shape index (κ1) is 33.2. The quantitative estimate of drug-likeness (QED) is 0.264. The van der Waals surface area contributed by atoms with E-state index in [0.717, 1.165) is 17.5 Å². The van der Waals surface area contributed by atoms with Gasteiger partial charge in [-0.05, 0) is 58.4 Å². The maximum absolute atomic E-state index is 13.2. The molecule has 0 aliphatic carbocycles. The highest BCUT2D eigenvalue weighted by Gasteiger charge is 2.49. The molecule has 1 aliphatic rings. The van der Waals surface area contributed by atoms with Crippen LogP contribution in [-0.2, 0) is 11.8 Å². The fourth-order valence-electron chi connectivity index (χ4n) is 5.91. The summed E-state index contributed by atoms with van der Waals surface area (Å²) in [7, 11) is 19.7. The molecule has 0 radical (unpaired) electrons. The first-order valence-corrected chi connectivity index (χ1v) is 15.3. The van der Waals surface area contributed by atoms with Crippen LogP contribution >= 0.6 is 11.6 Å². The summed E-state index contributed by atoms with van der Waals surface area (Å²) >= 11 is 6.61. The van der Waals surface area contributed by atoms with Gasteiger partial charge in [0.2, 0.25) is 11.9 Å². The third-order valence-electron chi connectivity index (χ3n) is 9.06. The lowest BCUT2D eigenvalue weighted by Gasteiger charge is -2.60. The first-order valence-electron chi connectivity index (χ1n) is 14.9. The number of hydrogen-bond acceptors (Lipinski definition) is 7. The van der Waals surface area contributed by atoms with E-state index >= 15 is 0 Å². The molecule has 9 nitrogen and oxygen atoms in total. The van der Waals surface area contributed by atoms with E-state index in [1.165, 1.54) is 4.57 Å². The van der Waals surface area contributed by atoms with Crippen molar-refractivity contribution in [2.45, 2.75) is 41.6 Å². The molecule has 19 heteroatoms. The standard InChI is InChI=1S/C24H38B9ClN6O3/c1-10-6-11(2)22(27,28)40(21(10,25)26)20-35-9-14(34)17(37-20)36-13-4-5-15-12(7-13)8-16(18(41)39(15)3)43-23(29,30)19(42)38-24(31,32)33/h4-5,7-11H,6,25-33H2,1-3H3,(H,38,42)(H,35,36,37)/t10-,11+. The normalized spacial score (nSPS) is 20.0. The predicted octanol–water partition coefficient (Wildman–Crippen LogP) is -6.03. The Labute approximate surface area is 267 Å². The Hall–Kier alpha value is -2.75. The lowest BCUT2D eigenvalue weighted by molar-refractivity contribution is -0.126. The summed E-state index contributed by atoms with van der Waals surface area (Å²) in [6, 6.07) is 7.31. The third kappa shape index (κ3) is 6.54. The highest BCUT2D eigenvalue weighted by molar-refractivity contribution is 6.61. The van der Waals surface area contributed by atoms with Gasteiger partial charge in [-0.15, -0.1) is 0 Å². The van der Waals surface area contributed by atoms with E-state index < -0.39 is 10.6 Å². The zero-order valence-electron chi connectivity index (χ0n) is 27.6. The molecule has 43 heavy (non-hydrogen) atoms. The minimum atomic E-state index is -1.27. The minimum Gasteiger partial charge on any atom is -0.491 e. The molecule has 216 valence electrons. The van der Waals surface area contributed by atoms with Gasteiger partial charge in [-0.3, -0.25) is 9.59 Å². The number of hydrogen-bond donors (Lipinski definition) is 2. The van der Waals surface area contributed by atoms with E-state index in [9.17, 15) is 9.59 Å². The molecule has 1 aliphatic heterocycles. The van der Waals surface area contributed by atoms with Crippen LogP contribution in [0.3, 0.4) is 0 Å². The number of piperidine rings is 1. The van der Waals surface area contributed by atoms with Crippen molar-refractivity contribution in [3.05, 3.63) is 45.8 Å². The Bertz CT molecular complexity index is 1610. The van der Waals surface area contributed by atoms with E-state index in [2.05, 4.69) is 65.8 Å². The van der Waals surface area contributed by atoms with E-state index in [4.69, 9.17) is 21.3 Å². The molecule has 1 saturated heterocycles. The molecule has 2 N–H and O–H groups in total. The van der Waals surface area contributed by atoms with Crippen molar-refractivity contribution in [3.63, 3.8) is 0 Å². The van der Waals surface area contributed by atoms with Crippen molar-refractivity contribution < 1.29 is 9.53 Å². The van der Waals surface area contributed by atoms with Crippen LogP contribution in [-0.4, -0.2) is 112 Å². The largest absolute Gasteiger partial charge is 0.491 e. The number of pyridine rings is 1. The smallest absolute Gasteiger partial charge is 0.293 e. The molecule has 0 spiro atoms. The number of aromatic nitrogens is 3. The van der Waals surface area contributed by atoms with Crippen LogP contribution in [0.1, 0.15) is 20.3 Å². The second-order valence-corrected chi connectivity index (χ2v) is 15.0. The number of nitrogens with zero attached hydrogens (tertiary/aromatic N) is 4. The van der Waals surface area contributed by atoms with Gasteiger partial charge in [0.05, 0.1) is 11.7 Å². The molecule has 1 aromatic carbocycles. The average molecular weight is 591 g/mol. The Morgan fingerprint density at radius 3 is 2.26 bits per heavy atom. The summed E-state index contributed by atoms with van der Waals surface area (Å²) < 4.78 is 7.55. The van der Waals surface area contributed by atoms with E-state index in [0.29, 0.717) is 34.1 Å². The van der Waals surface area contributed by atoms with Crippen LogP contribution in [0, 0.1) is 11.8 Å². The number of amides is 1. The molecule has 1 amide bonds. The first-order chi connectivity index (χ1) is 19.6. The van der Waals surface area contributed by atoms with Crippen LogP contribution in [0.4, 0.5) is 17.5 Å². The van der Waals surface area contributed by atoms with Crippen LogP contribution in [0.2, 0.25) is 5.02 Å². The molecular weight excluding hydrogens is 553 g/mol. The van der Waals surface area contributed by atoms with Gasteiger partial charge in [0.15, 0.2) is 27.3 Å². The number of fused-ring (bicyclic) bond motifs is 1. The number of nitrogens with one attached hydrogen (secondary N) is 2. The Morgan fingerprint density at radius 1 is 1.07 bits per heavy atom. The van der Waals surface area contributed by atoms with Crippen molar-refractivity contribution in [3.8, 4) is 5.75 Å². The second kappa shape index (κ2) is 11.3. The lowest BCUT2D eigenvalue weighted by Crippen LogP contribution is -2.72. The molecule has 0 unspecified atom stereocenters. The average Bonchev–Trinajstić information content (AvgIpc) is 2.86. The van der Waals surface area contributed by atoms with Gasteiger partial charge >= 0.3 is 0 Å². The van der Waals surface area contributed by atoms with E-state index in [1.807, 2.05) is 41.7 Å². The zero-order chi connectivity index (χ0) is 32.3. The highest BCUT2D eigenvalue weighted by Crippen LogP contribution is 2.42. The molecule has 2 atom stereocenters. The number of benzene rings is 1. The van der Waals surface area contributed by atoms with E-state index in [1.54, 1.807) is 35.0 Å². The van der Waals surface area contributed by atoms with Crippen molar-refractivity contribution in [1.29, 1.82) is 0 Å². The zero-order valence-corrected chi connectivity index (χ0v) is 28.4. The van der Waals surface area contributed by atoms with Crippen molar-refractivity contribution >= 4 is 116 Å². The fourth-order valence-corrected chi connectivity index (χ4v) is 6.05. The SMILES string of the molecule is BC(B)(B)NC(=O)C(B)(B)Oc1cc2cc(Nc3nc(N4C(B)(B)[C@H](C)C[C@H](C)C4(B)B)ncc3Cl)ccc2n(C)c1=O. The molecule has 0 saturated carbocycles. The van der Waals surface area contributed by atoms with Gasteiger partial charge in [-0.1, -0.05) is 25.4 Å². The molecular formula is C24H38B9ClN6O3. The lowest BCUT2D eigenvalue weighted by atomic mass is 9.41. The third-order valence-corrected chi connectivity index (χ3v) is 9.33. The number of aryl methyl sites for hydroxylation is 1. The summed E-state index contributed by atoms with van der Waals surface area (Å²) in [5.41, 5.74) is 1.12. The number of halogens is 1. The van der Waals surface area contributed by atoms with Crippen molar-refractivity contribution in [1.82, 2.24) is 19.9 Å². The molecule has 4 rings (SSSR count). The minimum absolute atomic E-state index is 0.0846. The number of ether oxygens (including phenoxy) is 1. The number of anilines is 3. The topological polar surface area (TPSA) is 101 Å². The summed E-state index contributed by atoms with van der Waals surface area (Å²) in [6.07, 6.45) is 2.77. The number of rotatable bonds is 7. The summed E-state index contributed by atoms with van der Waals surface area (Å²) in [4.78, 5) is 38.0. The van der Waals surface area contributed by atoms with Crippen LogP contribution < -0.4 is 25.8 Å². The number of carbonyl (C=O) groups excluding carboxylic acids is 1. The van der Waals surface area contributed by atoms with Crippen LogP contribution in [0.5, 0.6) is 5.75 Å². The number of carbonyl (C=O) groups is 1. The van der Waals surface area contributed by atoms with Gasteiger partial charge in [-0.25, -0.2) is 4.98 Å². The fraction of sp³-hybridized carbons (Fsp3) is 0.417. The van der Waals surface area contributed by atoms with Gasteiger partial charge in [0.1, 0.15) is 65.3 Å². The molecule has 0 bridgehead atoms. The highest BCUT2D eigenvalue weighted by atomic mass is 35.5. The summed E-state index contributed by atoms with van der Waals surface area (Å²) in [6.45, 7) is 4.57. The maximum Gasteiger partial charge on any atom is 0.293 e. The van der Waals surface area contributed by atoms with Gasteiger partial charge in [0.25, 0.3) is 5.56 Å². The molecule has 1 fully saturated rings. The van der Waals surface area contributed by atoms with Crippen LogP contribution in [0.25, 0.3) is 10.9 Å². The van der Waals surface area contributed by atoms with Gasteiger partial charge in [0, 0.05) is 18.1 Å².